The summed E-state index contributed by atoms with van der Waals surface area (Å²) in [6, 6.07) is 0.400. The smallest absolute Gasteiger partial charge is 0.223 e. The van der Waals surface area contributed by atoms with Crippen LogP contribution in [0.1, 0.15) is 52.4 Å². The fourth-order valence-corrected chi connectivity index (χ4v) is 3.53. The normalized spacial score (nSPS) is 36.1. The van der Waals surface area contributed by atoms with Gasteiger partial charge in [0.05, 0.1) is 0 Å². The predicted molar refractivity (Wildman–Crippen MR) is 69.4 cm³/mol. The van der Waals surface area contributed by atoms with Gasteiger partial charge in [-0.05, 0) is 50.0 Å². The van der Waals surface area contributed by atoms with Crippen molar-refractivity contribution in [3.63, 3.8) is 0 Å². The second kappa shape index (κ2) is 4.97. The molecule has 3 N–H and O–H groups in total. The molecule has 98 valence electrons. The summed E-state index contributed by atoms with van der Waals surface area (Å²) in [6.07, 6.45) is 6.81. The molecule has 1 amide bonds. The van der Waals surface area contributed by atoms with Crippen LogP contribution in [0.2, 0.25) is 0 Å². The second-order valence-electron chi connectivity index (χ2n) is 6.65. The van der Waals surface area contributed by atoms with Crippen LogP contribution < -0.4 is 11.1 Å². The minimum atomic E-state index is 0.184. The van der Waals surface area contributed by atoms with Gasteiger partial charge in [0, 0.05) is 12.0 Å². The number of hydrogen-bond donors (Lipinski definition) is 2. The molecule has 0 bridgehead atoms. The van der Waals surface area contributed by atoms with Crippen molar-refractivity contribution in [2.24, 2.45) is 23.0 Å². The van der Waals surface area contributed by atoms with Gasteiger partial charge in [-0.2, -0.15) is 0 Å². The number of carbonyl (C=O) groups is 1. The molecule has 0 aromatic carbocycles. The summed E-state index contributed by atoms with van der Waals surface area (Å²) in [6.45, 7) is 5.24. The van der Waals surface area contributed by atoms with E-state index in [9.17, 15) is 4.79 Å². The van der Waals surface area contributed by atoms with E-state index in [1.807, 2.05) is 0 Å². The first-order chi connectivity index (χ1) is 8.02. The first kappa shape index (κ1) is 12.9. The molecular weight excluding hydrogens is 212 g/mol. The molecule has 0 spiro atoms. The van der Waals surface area contributed by atoms with Crippen LogP contribution in [0.25, 0.3) is 0 Å². The SMILES string of the molecule is CC1(C)CCC(NC(=O)C2CCCC2CN)C1. The van der Waals surface area contributed by atoms with Crippen LogP contribution >= 0.6 is 0 Å². The van der Waals surface area contributed by atoms with Crippen molar-refractivity contribution in [3.05, 3.63) is 0 Å². The molecule has 3 unspecified atom stereocenters. The van der Waals surface area contributed by atoms with Gasteiger partial charge in [-0.1, -0.05) is 20.3 Å². The van der Waals surface area contributed by atoms with Crippen LogP contribution in [0.15, 0.2) is 0 Å². The zero-order valence-corrected chi connectivity index (χ0v) is 11.2. The quantitative estimate of drug-likeness (QED) is 0.790. The molecule has 0 radical (unpaired) electrons. The van der Waals surface area contributed by atoms with Gasteiger partial charge in [-0.15, -0.1) is 0 Å². The van der Waals surface area contributed by atoms with Crippen molar-refractivity contribution < 1.29 is 4.79 Å². The predicted octanol–water partition coefficient (Wildman–Crippen LogP) is 2.06. The van der Waals surface area contributed by atoms with Gasteiger partial charge in [0.15, 0.2) is 0 Å². The summed E-state index contributed by atoms with van der Waals surface area (Å²) >= 11 is 0. The van der Waals surface area contributed by atoms with E-state index in [-0.39, 0.29) is 11.8 Å². The van der Waals surface area contributed by atoms with Crippen LogP contribution in [-0.4, -0.2) is 18.5 Å². The highest BCUT2D eigenvalue weighted by atomic mass is 16.2. The van der Waals surface area contributed by atoms with E-state index in [2.05, 4.69) is 19.2 Å². The van der Waals surface area contributed by atoms with Crippen molar-refractivity contribution in [3.8, 4) is 0 Å². The molecule has 17 heavy (non-hydrogen) atoms. The van der Waals surface area contributed by atoms with Crippen LogP contribution in [0, 0.1) is 17.3 Å². The van der Waals surface area contributed by atoms with Gasteiger partial charge in [0.1, 0.15) is 0 Å². The third-order valence-electron chi connectivity index (χ3n) is 4.61. The molecular formula is C14H26N2O. The first-order valence-corrected chi connectivity index (χ1v) is 7.02. The van der Waals surface area contributed by atoms with E-state index < -0.39 is 0 Å². The molecule has 2 rings (SSSR count). The van der Waals surface area contributed by atoms with Gasteiger partial charge in [0.25, 0.3) is 0 Å². The average Bonchev–Trinajstić information content (AvgIpc) is 2.84. The van der Waals surface area contributed by atoms with Crippen molar-refractivity contribution >= 4 is 5.91 Å². The molecule has 0 saturated heterocycles. The second-order valence-corrected chi connectivity index (χ2v) is 6.65. The Labute approximate surface area is 105 Å². The Morgan fingerprint density at radius 1 is 1.35 bits per heavy atom. The summed E-state index contributed by atoms with van der Waals surface area (Å²) in [5.74, 6) is 0.869. The molecule has 0 aromatic heterocycles. The Bertz CT molecular complexity index is 288. The number of nitrogens with two attached hydrogens (primary N) is 1. The van der Waals surface area contributed by atoms with Crippen LogP contribution in [0.3, 0.4) is 0 Å². The molecule has 0 aromatic rings. The number of amides is 1. The van der Waals surface area contributed by atoms with Crippen molar-refractivity contribution in [1.82, 2.24) is 5.32 Å². The highest BCUT2D eigenvalue weighted by molar-refractivity contribution is 5.79. The van der Waals surface area contributed by atoms with E-state index in [1.54, 1.807) is 0 Å². The van der Waals surface area contributed by atoms with E-state index >= 15 is 0 Å². The molecule has 2 saturated carbocycles. The van der Waals surface area contributed by atoms with Crippen LogP contribution in [0.5, 0.6) is 0 Å². The summed E-state index contributed by atoms with van der Waals surface area (Å²) in [7, 11) is 0. The Kier molecular flexibility index (Phi) is 3.76. The third-order valence-corrected chi connectivity index (χ3v) is 4.61. The molecule has 3 nitrogen and oxygen atoms in total. The van der Waals surface area contributed by atoms with Crippen molar-refractivity contribution in [2.45, 2.75) is 58.4 Å². The standard InChI is InChI=1S/C14H26N2O/c1-14(2)7-6-11(8-14)16-13(17)12-5-3-4-10(12)9-15/h10-12H,3-9,15H2,1-2H3,(H,16,17). The average molecular weight is 238 g/mol. The van der Waals surface area contributed by atoms with Gasteiger partial charge >= 0.3 is 0 Å². The lowest BCUT2D eigenvalue weighted by atomic mass is 9.91. The van der Waals surface area contributed by atoms with E-state index in [4.69, 9.17) is 5.73 Å². The summed E-state index contributed by atoms with van der Waals surface area (Å²) in [5, 5.41) is 3.25. The lowest BCUT2D eigenvalue weighted by Crippen LogP contribution is -2.40. The zero-order valence-electron chi connectivity index (χ0n) is 11.2. The summed E-state index contributed by atoms with van der Waals surface area (Å²) in [4.78, 5) is 12.2. The molecule has 0 aliphatic heterocycles. The number of nitrogens with one attached hydrogen (secondary N) is 1. The molecule has 2 aliphatic carbocycles. The fourth-order valence-electron chi connectivity index (χ4n) is 3.53. The monoisotopic (exact) mass is 238 g/mol. The highest BCUT2D eigenvalue weighted by Gasteiger charge is 2.36. The van der Waals surface area contributed by atoms with E-state index in [0.717, 1.165) is 32.1 Å². The minimum absolute atomic E-state index is 0.184. The molecule has 2 aliphatic rings. The number of hydrogen-bond acceptors (Lipinski definition) is 2. The minimum Gasteiger partial charge on any atom is -0.353 e. The van der Waals surface area contributed by atoms with E-state index in [1.165, 1.54) is 6.42 Å². The highest BCUT2D eigenvalue weighted by Crippen LogP contribution is 2.37. The van der Waals surface area contributed by atoms with Gasteiger partial charge in [0.2, 0.25) is 5.91 Å². The van der Waals surface area contributed by atoms with Crippen LogP contribution in [0.4, 0.5) is 0 Å². The van der Waals surface area contributed by atoms with Crippen molar-refractivity contribution in [1.29, 1.82) is 0 Å². The van der Waals surface area contributed by atoms with Gasteiger partial charge in [-0.3, -0.25) is 4.79 Å². The Balaban J connectivity index is 1.85. The number of rotatable bonds is 3. The molecule has 2 fully saturated rings. The lowest BCUT2D eigenvalue weighted by Gasteiger charge is -2.22. The molecule has 0 heterocycles. The largest absolute Gasteiger partial charge is 0.353 e. The topological polar surface area (TPSA) is 55.1 Å². The maximum atomic E-state index is 12.2. The first-order valence-electron chi connectivity index (χ1n) is 7.02. The van der Waals surface area contributed by atoms with Gasteiger partial charge in [-0.25, -0.2) is 0 Å². The maximum Gasteiger partial charge on any atom is 0.223 e. The Hall–Kier alpha value is -0.570. The molecule has 3 atom stereocenters. The third kappa shape index (κ3) is 3.01. The Morgan fingerprint density at radius 3 is 2.71 bits per heavy atom. The van der Waals surface area contributed by atoms with Crippen LogP contribution in [-0.2, 0) is 4.79 Å². The summed E-state index contributed by atoms with van der Waals surface area (Å²) in [5.41, 5.74) is 6.14. The zero-order chi connectivity index (χ0) is 12.5. The number of carbonyl (C=O) groups excluding carboxylic acids is 1. The van der Waals surface area contributed by atoms with Gasteiger partial charge < -0.3 is 11.1 Å². The van der Waals surface area contributed by atoms with E-state index in [0.29, 0.717) is 23.9 Å². The Morgan fingerprint density at radius 2 is 2.12 bits per heavy atom. The molecule has 3 heteroatoms. The fraction of sp³-hybridized carbons (Fsp3) is 0.929. The maximum absolute atomic E-state index is 12.2. The summed E-state index contributed by atoms with van der Waals surface area (Å²) < 4.78 is 0. The lowest BCUT2D eigenvalue weighted by molar-refractivity contribution is -0.126. The van der Waals surface area contributed by atoms with Crippen molar-refractivity contribution in [2.75, 3.05) is 6.54 Å².